The van der Waals surface area contributed by atoms with Crippen molar-refractivity contribution < 1.29 is 33.6 Å². The predicted molar refractivity (Wildman–Crippen MR) is 138 cm³/mol. The van der Waals surface area contributed by atoms with Crippen LogP contribution in [-0.2, 0) is 0 Å². The normalized spacial score (nSPS) is 16.3. The van der Waals surface area contributed by atoms with Crippen molar-refractivity contribution in [2.24, 2.45) is 0 Å². The summed E-state index contributed by atoms with van der Waals surface area (Å²) in [5.74, 6) is 4.08. The Labute approximate surface area is 219 Å². The van der Waals surface area contributed by atoms with Crippen molar-refractivity contribution in [2.75, 3.05) is 33.0 Å². The number of aliphatic hydroxyl groups excluding tert-OH is 1. The van der Waals surface area contributed by atoms with E-state index in [9.17, 15) is 5.11 Å². The fourth-order valence-electron chi connectivity index (χ4n) is 4.81. The van der Waals surface area contributed by atoms with E-state index in [0.29, 0.717) is 48.1 Å². The second kappa shape index (κ2) is 11.4. The summed E-state index contributed by atoms with van der Waals surface area (Å²) in [6, 6.07) is 13.6. The number of rotatable bonds is 7. The molecule has 37 heavy (non-hydrogen) atoms. The number of aryl methyl sites for hydroxylation is 1. The SMILES string of the molecule is Cc1nnc(-c2cc3c(OC[C@@H](O)CN4CCC(c5ccc6c(c5)OCO6)CC4)cccc3o2)o1.Cl.O. The number of hydrogen-bond acceptors (Lipinski definition) is 9. The molecule has 0 radical (unpaired) electrons. The number of nitrogens with zero attached hydrogens (tertiary/aromatic N) is 3. The largest absolute Gasteiger partial charge is 0.490 e. The van der Waals surface area contributed by atoms with Gasteiger partial charge in [-0.05, 0) is 61.7 Å². The van der Waals surface area contributed by atoms with E-state index in [-0.39, 0.29) is 24.5 Å². The Morgan fingerprint density at radius 3 is 2.65 bits per heavy atom. The molecule has 6 rings (SSSR count). The molecule has 1 atom stereocenters. The minimum absolute atomic E-state index is 0. The zero-order valence-electron chi connectivity index (χ0n) is 20.4. The van der Waals surface area contributed by atoms with Gasteiger partial charge in [0.25, 0.3) is 5.89 Å². The van der Waals surface area contributed by atoms with Crippen LogP contribution in [0, 0.1) is 6.92 Å². The van der Waals surface area contributed by atoms with Gasteiger partial charge >= 0.3 is 0 Å². The summed E-state index contributed by atoms with van der Waals surface area (Å²) in [6.45, 7) is 4.66. The fourth-order valence-corrected chi connectivity index (χ4v) is 4.81. The van der Waals surface area contributed by atoms with Crippen LogP contribution in [0.4, 0.5) is 0 Å². The minimum Gasteiger partial charge on any atom is -0.490 e. The quantitative estimate of drug-likeness (QED) is 0.378. The molecule has 198 valence electrons. The lowest BCUT2D eigenvalue weighted by atomic mass is 9.89. The van der Waals surface area contributed by atoms with Gasteiger partial charge in [0.1, 0.15) is 24.0 Å². The fraction of sp³-hybridized carbons (Fsp3) is 0.385. The highest BCUT2D eigenvalue weighted by Gasteiger charge is 2.24. The van der Waals surface area contributed by atoms with Crippen LogP contribution in [0.3, 0.4) is 0 Å². The highest BCUT2D eigenvalue weighted by molar-refractivity contribution is 5.87. The highest BCUT2D eigenvalue weighted by atomic mass is 35.5. The molecule has 0 spiro atoms. The molecule has 4 aromatic rings. The average molecular weight is 532 g/mol. The van der Waals surface area contributed by atoms with Gasteiger partial charge in [-0.1, -0.05) is 12.1 Å². The van der Waals surface area contributed by atoms with Crippen LogP contribution >= 0.6 is 12.4 Å². The molecule has 2 aliphatic heterocycles. The lowest BCUT2D eigenvalue weighted by Crippen LogP contribution is -2.40. The number of benzene rings is 2. The van der Waals surface area contributed by atoms with Crippen molar-refractivity contribution in [1.82, 2.24) is 15.1 Å². The molecule has 0 bridgehead atoms. The summed E-state index contributed by atoms with van der Waals surface area (Å²) in [7, 11) is 0. The first kappa shape index (κ1) is 26.7. The number of halogens is 1. The molecule has 2 aromatic carbocycles. The first-order chi connectivity index (χ1) is 17.1. The number of piperidine rings is 1. The Morgan fingerprint density at radius 2 is 1.86 bits per heavy atom. The van der Waals surface area contributed by atoms with Gasteiger partial charge < -0.3 is 38.5 Å². The number of aromatic nitrogens is 2. The lowest BCUT2D eigenvalue weighted by molar-refractivity contribution is 0.0599. The van der Waals surface area contributed by atoms with Crippen molar-refractivity contribution >= 4 is 23.4 Å². The molecule has 0 aliphatic carbocycles. The van der Waals surface area contributed by atoms with Gasteiger partial charge in [-0.25, -0.2) is 0 Å². The molecular weight excluding hydrogens is 502 g/mol. The van der Waals surface area contributed by atoms with E-state index >= 15 is 0 Å². The number of hydrogen-bond donors (Lipinski definition) is 1. The maximum atomic E-state index is 10.7. The molecule has 3 N–H and O–H groups in total. The lowest BCUT2D eigenvalue weighted by Gasteiger charge is -2.33. The molecule has 1 saturated heterocycles. The van der Waals surface area contributed by atoms with Gasteiger partial charge in [-0.15, -0.1) is 22.6 Å². The smallest absolute Gasteiger partial charge is 0.283 e. The van der Waals surface area contributed by atoms with E-state index in [1.165, 1.54) is 5.56 Å². The van der Waals surface area contributed by atoms with Gasteiger partial charge in [0, 0.05) is 19.5 Å². The zero-order chi connectivity index (χ0) is 23.8. The van der Waals surface area contributed by atoms with Gasteiger partial charge in [-0.2, -0.15) is 0 Å². The summed E-state index contributed by atoms with van der Waals surface area (Å²) in [5, 5.41) is 19.3. The number of furan rings is 1. The van der Waals surface area contributed by atoms with Crippen LogP contribution in [0.2, 0.25) is 0 Å². The second-order valence-corrected chi connectivity index (χ2v) is 9.06. The molecule has 1 fully saturated rings. The van der Waals surface area contributed by atoms with Crippen molar-refractivity contribution in [3.05, 3.63) is 53.9 Å². The molecule has 0 amide bonds. The number of likely N-dealkylation sites (tertiary alicyclic amines) is 1. The zero-order valence-corrected chi connectivity index (χ0v) is 21.2. The van der Waals surface area contributed by atoms with Crippen molar-refractivity contribution in [1.29, 1.82) is 0 Å². The summed E-state index contributed by atoms with van der Waals surface area (Å²) < 4.78 is 28.2. The maximum absolute atomic E-state index is 10.7. The van der Waals surface area contributed by atoms with Gasteiger partial charge in [-0.3, -0.25) is 0 Å². The Morgan fingerprint density at radius 1 is 1.05 bits per heavy atom. The minimum atomic E-state index is -0.600. The first-order valence-corrected chi connectivity index (χ1v) is 11.9. The summed E-state index contributed by atoms with van der Waals surface area (Å²) >= 11 is 0. The van der Waals surface area contributed by atoms with E-state index in [1.54, 1.807) is 6.92 Å². The van der Waals surface area contributed by atoms with Gasteiger partial charge in [0.15, 0.2) is 17.3 Å². The van der Waals surface area contributed by atoms with Crippen LogP contribution in [0.5, 0.6) is 17.2 Å². The summed E-state index contributed by atoms with van der Waals surface area (Å²) in [5.41, 5.74) is 1.95. The van der Waals surface area contributed by atoms with Crippen LogP contribution in [-0.4, -0.2) is 64.8 Å². The Balaban J connectivity index is 0.00000160. The van der Waals surface area contributed by atoms with Crippen LogP contribution in [0.15, 0.2) is 51.3 Å². The number of aliphatic hydroxyl groups is 1. The standard InChI is InChI=1S/C26H27N3O6.ClH.H2O/c1-16-27-28-26(34-16)25-12-20-21(3-2-4-22(20)35-25)31-14-19(30)13-29-9-7-17(8-10-29)18-5-6-23-24(11-18)33-15-32-23;;/h2-6,11-12,17,19,30H,7-10,13-15H2,1H3;1H;1H2/t19-;;/m0../s1. The number of ether oxygens (including phenoxy) is 3. The first-order valence-electron chi connectivity index (χ1n) is 11.9. The molecule has 11 heteroatoms. The molecular formula is C26H30ClN3O7. The maximum Gasteiger partial charge on any atom is 0.283 e. The third-order valence-corrected chi connectivity index (χ3v) is 6.61. The molecule has 4 heterocycles. The van der Waals surface area contributed by atoms with E-state index in [4.69, 9.17) is 23.0 Å². The second-order valence-electron chi connectivity index (χ2n) is 9.06. The topological polar surface area (TPSA) is 135 Å². The Bertz CT molecular complexity index is 1330. The summed E-state index contributed by atoms with van der Waals surface area (Å²) in [4.78, 5) is 2.30. The summed E-state index contributed by atoms with van der Waals surface area (Å²) in [6.07, 6.45) is 1.48. The molecule has 2 aliphatic rings. The Kier molecular flexibility index (Phi) is 8.23. The molecule has 0 unspecified atom stereocenters. The average Bonchev–Trinajstić information content (AvgIpc) is 3.62. The molecule has 2 aromatic heterocycles. The van der Waals surface area contributed by atoms with E-state index < -0.39 is 6.10 Å². The monoisotopic (exact) mass is 531 g/mol. The number of β-amino-alcohol motifs (C(OH)–C–C–N with tert-alkyl or cyclic N) is 1. The highest BCUT2D eigenvalue weighted by Crippen LogP contribution is 2.37. The molecule has 10 nitrogen and oxygen atoms in total. The van der Waals surface area contributed by atoms with Crippen LogP contribution < -0.4 is 14.2 Å². The van der Waals surface area contributed by atoms with E-state index in [0.717, 1.165) is 42.8 Å². The van der Waals surface area contributed by atoms with Gasteiger partial charge in [0.05, 0.1) is 5.39 Å². The van der Waals surface area contributed by atoms with E-state index in [1.807, 2.05) is 30.3 Å². The van der Waals surface area contributed by atoms with Crippen LogP contribution in [0.25, 0.3) is 22.6 Å². The van der Waals surface area contributed by atoms with Crippen LogP contribution in [0.1, 0.15) is 30.2 Å². The van der Waals surface area contributed by atoms with Crippen molar-refractivity contribution in [3.8, 4) is 28.9 Å². The van der Waals surface area contributed by atoms with Crippen molar-refractivity contribution in [2.45, 2.75) is 31.8 Å². The predicted octanol–water partition coefficient (Wildman–Crippen LogP) is 3.74. The number of fused-ring (bicyclic) bond motifs is 2. The van der Waals surface area contributed by atoms with Gasteiger partial charge in [0.2, 0.25) is 12.7 Å². The molecule has 0 saturated carbocycles. The third kappa shape index (κ3) is 5.67. The Hall–Kier alpha value is -3.31. The third-order valence-electron chi connectivity index (χ3n) is 6.61. The van der Waals surface area contributed by atoms with E-state index in [2.05, 4.69) is 27.2 Å². The van der Waals surface area contributed by atoms with Crippen molar-refractivity contribution in [3.63, 3.8) is 0 Å².